The van der Waals surface area contributed by atoms with Crippen LogP contribution in [-0.2, 0) is 6.42 Å². The second-order valence-corrected chi connectivity index (χ2v) is 4.04. The van der Waals surface area contributed by atoms with Crippen molar-refractivity contribution in [3.63, 3.8) is 0 Å². The maximum atomic E-state index is 11.6. The number of carbonyl (C=O) groups excluding carboxylic acids is 1. The molecule has 0 aliphatic heterocycles. The first-order valence-electron chi connectivity index (χ1n) is 5.93. The zero-order chi connectivity index (χ0) is 11.9. The second kappa shape index (κ2) is 5.99. The molecule has 0 saturated heterocycles. The third-order valence-corrected chi connectivity index (χ3v) is 2.71. The van der Waals surface area contributed by atoms with Gasteiger partial charge in [-0.15, -0.1) is 0 Å². The third kappa shape index (κ3) is 3.55. The molecule has 0 amide bonds. The normalized spacial score (nSPS) is 10.4. The van der Waals surface area contributed by atoms with Crippen molar-refractivity contribution in [3.8, 4) is 0 Å². The van der Waals surface area contributed by atoms with E-state index in [-0.39, 0.29) is 5.91 Å². The number of hydrogen-bond acceptors (Lipinski definition) is 2. The number of unbranched alkanes of at least 4 members (excludes halogenated alkanes) is 1. The van der Waals surface area contributed by atoms with Gasteiger partial charge in [0, 0.05) is 18.8 Å². The van der Waals surface area contributed by atoms with Crippen molar-refractivity contribution in [3.05, 3.63) is 54.4 Å². The first-order valence-corrected chi connectivity index (χ1v) is 5.93. The van der Waals surface area contributed by atoms with Gasteiger partial charge in [-0.1, -0.05) is 30.3 Å². The van der Waals surface area contributed by atoms with Crippen molar-refractivity contribution in [1.29, 1.82) is 0 Å². The fourth-order valence-corrected chi connectivity index (χ4v) is 1.78. The molecule has 0 fully saturated rings. The molecule has 1 aromatic heterocycles. The predicted molar refractivity (Wildman–Crippen MR) is 66.9 cm³/mol. The fraction of sp³-hybridized carbons (Fsp3) is 0.286. The van der Waals surface area contributed by atoms with Crippen LogP contribution in [0.25, 0.3) is 0 Å². The smallest absolute Gasteiger partial charge is 0.246 e. The minimum Gasteiger partial charge on any atom is -0.273 e. The second-order valence-electron chi connectivity index (χ2n) is 4.04. The number of carbonyl (C=O) groups is 1. The summed E-state index contributed by atoms with van der Waals surface area (Å²) in [7, 11) is 0. The molecule has 1 heterocycles. The zero-order valence-corrected chi connectivity index (χ0v) is 9.75. The Morgan fingerprint density at radius 3 is 2.65 bits per heavy atom. The van der Waals surface area contributed by atoms with E-state index in [1.807, 2.05) is 18.2 Å². The Hall–Kier alpha value is -1.90. The van der Waals surface area contributed by atoms with E-state index in [2.05, 4.69) is 17.2 Å². The molecule has 2 rings (SSSR count). The van der Waals surface area contributed by atoms with Gasteiger partial charge in [0.25, 0.3) is 0 Å². The summed E-state index contributed by atoms with van der Waals surface area (Å²) < 4.78 is 1.41. The van der Waals surface area contributed by atoms with Crippen LogP contribution in [0, 0.1) is 0 Å². The van der Waals surface area contributed by atoms with Crippen LogP contribution in [0.2, 0.25) is 0 Å². The van der Waals surface area contributed by atoms with Gasteiger partial charge >= 0.3 is 0 Å². The average molecular weight is 228 g/mol. The van der Waals surface area contributed by atoms with Gasteiger partial charge in [-0.2, -0.15) is 5.10 Å². The molecular formula is C14H16N2O. The average Bonchev–Trinajstić information content (AvgIpc) is 2.89. The molecule has 2 aromatic rings. The molecule has 0 N–H and O–H groups in total. The highest BCUT2D eigenvalue weighted by Gasteiger charge is 2.03. The standard InChI is InChI=1S/C14H16N2O/c17-14(16-12-6-11-15-16)10-5-4-9-13-7-2-1-3-8-13/h1-3,6-8,11-12H,4-5,9-10H2. The highest BCUT2D eigenvalue weighted by atomic mass is 16.2. The molecule has 0 atom stereocenters. The number of hydrogen-bond donors (Lipinski definition) is 0. The Morgan fingerprint density at radius 1 is 1.12 bits per heavy atom. The molecule has 0 bridgehead atoms. The Balaban J connectivity index is 1.69. The van der Waals surface area contributed by atoms with Crippen molar-refractivity contribution < 1.29 is 4.79 Å². The largest absolute Gasteiger partial charge is 0.273 e. The third-order valence-electron chi connectivity index (χ3n) is 2.71. The van der Waals surface area contributed by atoms with Crippen molar-refractivity contribution >= 4 is 5.91 Å². The van der Waals surface area contributed by atoms with E-state index >= 15 is 0 Å². The molecule has 3 nitrogen and oxygen atoms in total. The van der Waals surface area contributed by atoms with E-state index < -0.39 is 0 Å². The minimum absolute atomic E-state index is 0.0723. The summed E-state index contributed by atoms with van der Waals surface area (Å²) in [5.74, 6) is 0.0723. The number of nitrogens with zero attached hydrogens (tertiary/aromatic N) is 2. The van der Waals surface area contributed by atoms with Crippen molar-refractivity contribution in [1.82, 2.24) is 9.78 Å². The molecule has 0 saturated carbocycles. The lowest BCUT2D eigenvalue weighted by atomic mass is 10.1. The fourth-order valence-electron chi connectivity index (χ4n) is 1.78. The summed E-state index contributed by atoms with van der Waals surface area (Å²) >= 11 is 0. The lowest BCUT2D eigenvalue weighted by Gasteiger charge is -2.01. The predicted octanol–water partition coefficient (Wildman–Crippen LogP) is 2.94. The summed E-state index contributed by atoms with van der Waals surface area (Å²) in [6.07, 6.45) is 6.87. The van der Waals surface area contributed by atoms with Gasteiger partial charge in [0.15, 0.2) is 0 Å². The number of benzene rings is 1. The summed E-state index contributed by atoms with van der Waals surface area (Å²) in [6.45, 7) is 0. The van der Waals surface area contributed by atoms with Crippen LogP contribution in [0.1, 0.15) is 29.6 Å². The monoisotopic (exact) mass is 228 g/mol. The van der Waals surface area contributed by atoms with Crippen LogP contribution in [0.4, 0.5) is 0 Å². The first-order chi connectivity index (χ1) is 8.36. The Morgan fingerprint density at radius 2 is 1.94 bits per heavy atom. The zero-order valence-electron chi connectivity index (χ0n) is 9.75. The molecular weight excluding hydrogens is 212 g/mol. The lowest BCUT2D eigenvalue weighted by Crippen LogP contribution is -2.10. The van der Waals surface area contributed by atoms with E-state index in [4.69, 9.17) is 0 Å². The van der Waals surface area contributed by atoms with Gasteiger partial charge < -0.3 is 0 Å². The molecule has 0 radical (unpaired) electrons. The number of aromatic nitrogens is 2. The Labute approximate surface area is 101 Å². The Bertz CT molecular complexity index is 448. The quantitative estimate of drug-likeness (QED) is 0.737. The van der Waals surface area contributed by atoms with Crippen LogP contribution >= 0.6 is 0 Å². The van der Waals surface area contributed by atoms with Crippen LogP contribution in [0.5, 0.6) is 0 Å². The topological polar surface area (TPSA) is 34.9 Å². The molecule has 3 heteroatoms. The Kier molecular flexibility index (Phi) is 4.08. The summed E-state index contributed by atoms with van der Waals surface area (Å²) in [5.41, 5.74) is 1.33. The van der Waals surface area contributed by atoms with Gasteiger partial charge in [0.05, 0.1) is 0 Å². The summed E-state index contributed by atoms with van der Waals surface area (Å²) in [4.78, 5) is 11.6. The maximum Gasteiger partial charge on any atom is 0.246 e. The van der Waals surface area contributed by atoms with E-state index in [1.165, 1.54) is 10.2 Å². The van der Waals surface area contributed by atoms with Gasteiger partial charge in [-0.3, -0.25) is 4.79 Å². The highest BCUT2D eigenvalue weighted by Crippen LogP contribution is 2.06. The van der Waals surface area contributed by atoms with Crippen molar-refractivity contribution in [2.75, 3.05) is 0 Å². The number of aryl methyl sites for hydroxylation is 1. The van der Waals surface area contributed by atoms with Crippen molar-refractivity contribution in [2.24, 2.45) is 0 Å². The van der Waals surface area contributed by atoms with Crippen LogP contribution < -0.4 is 0 Å². The molecule has 1 aromatic carbocycles. The van der Waals surface area contributed by atoms with E-state index in [1.54, 1.807) is 18.5 Å². The van der Waals surface area contributed by atoms with Gasteiger partial charge in [-0.25, -0.2) is 4.68 Å². The van der Waals surface area contributed by atoms with E-state index in [0.29, 0.717) is 6.42 Å². The summed E-state index contributed by atoms with van der Waals surface area (Å²) in [5, 5.41) is 3.92. The molecule has 88 valence electrons. The molecule has 0 unspecified atom stereocenters. The lowest BCUT2D eigenvalue weighted by molar-refractivity contribution is 0.0883. The van der Waals surface area contributed by atoms with Gasteiger partial charge in [0.1, 0.15) is 0 Å². The molecule has 0 aliphatic carbocycles. The first kappa shape index (κ1) is 11.6. The maximum absolute atomic E-state index is 11.6. The highest BCUT2D eigenvalue weighted by molar-refractivity contribution is 5.77. The molecule has 17 heavy (non-hydrogen) atoms. The summed E-state index contributed by atoms with van der Waals surface area (Å²) in [6, 6.07) is 12.1. The van der Waals surface area contributed by atoms with Crippen LogP contribution in [-0.4, -0.2) is 15.7 Å². The minimum atomic E-state index is 0.0723. The molecule has 0 spiro atoms. The van der Waals surface area contributed by atoms with E-state index in [9.17, 15) is 4.79 Å². The van der Waals surface area contributed by atoms with Gasteiger partial charge in [0.2, 0.25) is 5.91 Å². The molecule has 0 aliphatic rings. The van der Waals surface area contributed by atoms with Crippen LogP contribution in [0.3, 0.4) is 0 Å². The van der Waals surface area contributed by atoms with Gasteiger partial charge in [-0.05, 0) is 30.9 Å². The van der Waals surface area contributed by atoms with Crippen LogP contribution in [0.15, 0.2) is 48.8 Å². The van der Waals surface area contributed by atoms with E-state index in [0.717, 1.165) is 19.3 Å². The SMILES string of the molecule is O=C(CCCCc1ccccc1)n1cccn1. The number of rotatable bonds is 5. The van der Waals surface area contributed by atoms with Crippen molar-refractivity contribution in [2.45, 2.75) is 25.7 Å².